The van der Waals surface area contributed by atoms with Gasteiger partial charge >= 0.3 is 0 Å². The molecule has 2 rings (SSSR count). The number of rotatable bonds is 7. The maximum absolute atomic E-state index is 12.1. The van der Waals surface area contributed by atoms with Gasteiger partial charge in [-0.25, -0.2) is 0 Å². The molecule has 1 amide bonds. The Morgan fingerprint density at radius 1 is 1.35 bits per heavy atom. The molecule has 0 radical (unpaired) electrons. The monoisotopic (exact) mass is 277 g/mol. The first kappa shape index (κ1) is 15.1. The van der Waals surface area contributed by atoms with E-state index in [0.717, 1.165) is 30.9 Å². The van der Waals surface area contributed by atoms with E-state index in [4.69, 9.17) is 4.42 Å². The molecule has 0 aliphatic heterocycles. The third kappa shape index (κ3) is 4.69. The van der Waals surface area contributed by atoms with E-state index < -0.39 is 0 Å². The van der Waals surface area contributed by atoms with E-state index in [1.54, 1.807) is 6.26 Å². The Hall–Kier alpha value is -1.25. The van der Waals surface area contributed by atoms with E-state index in [0.29, 0.717) is 6.54 Å². The second-order valence-electron chi connectivity index (χ2n) is 5.98. The molecule has 1 aromatic rings. The zero-order valence-electron chi connectivity index (χ0n) is 12.6. The minimum absolute atomic E-state index is 0.240. The van der Waals surface area contributed by atoms with Gasteiger partial charge < -0.3 is 9.73 Å². The van der Waals surface area contributed by atoms with Gasteiger partial charge in [0.1, 0.15) is 5.76 Å². The second-order valence-corrected chi connectivity index (χ2v) is 5.98. The van der Waals surface area contributed by atoms with Crippen molar-refractivity contribution >= 4 is 5.91 Å². The van der Waals surface area contributed by atoms with Crippen LogP contribution in [0.3, 0.4) is 0 Å². The normalized spacial score (nSPS) is 22.6. The summed E-state index contributed by atoms with van der Waals surface area (Å²) < 4.78 is 5.26. The molecular weight excluding hydrogens is 250 g/mol. The lowest BCUT2D eigenvalue weighted by molar-refractivity contribution is -0.126. The number of nitrogens with one attached hydrogen (secondary N) is 1. The first-order valence-corrected chi connectivity index (χ1v) is 8.09. The molecule has 1 heterocycles. The summed E-state index contributed by atoms with van der Waals surface area (Å²) >= 11 is 0. The molecule has 3 heteroatoms. The number of carbonyl (C=O) groups is 1. The zero-order valence-corrected chi connectivity index (χ0v) is 12.6. The van der Waals surface area contributed by atoms with Gasteiger partial charge in [-0.1, -0.05) is 26.2 Å². The van der Waals surface area contributed by atoms with Crippen LogP contribution < -0.4 is 5.32 Å². The van der Waals surface area contributed by atoms with Crippen molar-refractivity contribution in [2.45, 2.75) is 58.3 Å². The predicted octanol–water partition coefficient (Wildman–Crippen LogP) is 3.93. The third-order valence-electron chi connectivity index (χ3n) is 4.43. The van der Waals surface area contributed by atoms with Gasteiger partial charge in [0.2, 0.25) is 5.91 Å². The van der Waals surface area contributed by atoms with Crippen LogP contribution in [0.25, 0.3) is 0 Å². The largest absolute Gasteiger partial charge is 0.469 e. The van der Waals surface area contributed by atoms with E-state index in [-0.39, 0.29) is 11.8 Å². The highest BCUT2D eigenvalue weighted by atomic mass is 16.3. The van der Waals surface area contributed by atoms with E-state index >= 15 is 0 Å². The SMILES string of the molecule is CCCCC1CCC(C(=O)NCCc2ccco2)CC1. The van der Waals surface area contributed by atoms with Gasteiger partial charge in [0.05, 0.1) is 6.26 Å². The molecule has 1 aliphatic carbocycles. The van der Waals surface area contributed by atoms with Crippen LogP contribution in [0.15, 0.2) is 22.8 Å². The molecule has 0 unspecified atom stereocenters. The number of hydrogen-bond acceptors (Lipinski definition) is 2. The van der Waals surface area contributed by atoms with Crippen LogP contribution in [-0.4, -0.2) is 12.5 Å². The third-order valence-corrected chi connectivity index (χ3v) is 4.43. The minimum atomic E-state index is 0.240. The standard InChI is InChI=1S/C17H27NO2/c1-2-3-5-14-7-9-15(10-8-14)17(19)18-12-11-16-6-4-13-20-16/h4,6,13-15H,2-3,5,7-12H2,1H3,(H,18,19). The molecule has 1 fully saturated rings. The topological polar surface area (TPSA) is 42.2 Å². The van der Waals surface area contributed by atoms with Crippen molar-refractivity contribution in [3.05, 3.63) is 24.2 Å². The van der Waals surface area contributed by atoms with E-state index in [2.05, 4.69) is 12.2 Å². The van der Waals surface area contributed by atoms with Crippen LogP contribution in [0, 0.1) is 11.8 Å². The fourth-order valence-electron chi connectivity index (χ4n) is 3.11. The first-order chi connectivity index (χ1) is 9.79. The molecule has 112 valence electrons. The number of unbranched alkanes of at least 4 members (excludes halogenated alkanes) is 1. The molecule has 1 saturated carbocycles. The predicted molar refractivity (Wildman–Crippen MR) is 80.4 cm³/mol. The lowest BCUT2D eigenvalue weighted by atomic mass is 9.79. The lowest BCUT2D eigenvalue weighted by Gasteiger charge is -2.27. The average Bonchev–Trinajstić information content (AvgIpc) is 2.99. The molecule has 20 heavy (non-hydrogen) atoms. The van der Waals surface area contributed by atoms with Crippen molar-refractivity contribution in [1.29, 1.82) is 0 Å². The molecule has 0 saturated heterocycles. The number of hydrogen-bond donors (Lipinski definition) is 1. The summed E-state index contributed by atoms with van der Waals surface area (Å²) in [6.45, 7) is 2.93. The highest BCUT2D eigenvalue weighted by Crippen LogP contribution is 2.31. The molecule has 1 aromatic heterocycles. The van der Waals surface area contributed by atoms with Gasteiger partial charge in [0.25, 0.3) is 0 Å². The molecule has 3 nitrogen and oxygen atoms in total. The Morgan fingerprint density at radius 3 is 2.80 bits per heavy atom. The van der Waals surface area contributed by atoms with Crippen LogP contribution in [-0.2, 0) is 11.2 Å². The van der Waals surface area contributed by atoms with Gasteiger partial charge in [0, 0.05) is 18.9 Å². The van der Waals surface area contributed by atoms with Crippen molar-refractivity contribution < 1.29 is 9.21 Å². The van der Waals surface area contributed by atoms with Crippen LogP contribution >= 0.6 is 0 Å². The Morgan fingerprint density at radius 2 is 2.15 bits per heavy atom. The summed E-state index contributed by atoms with van der Waals surface area (Å²) in [6.07, 6.45) is 11.0. The van der Waals surface area contributed by atoms with Gasteiger partial charge in [0.15, 0.2) is 0 Å². The highest BCUT2D eigenvalue weighted by molar-refractivity contribution is 5.78. The van der Waals surface area contributed by atoms with Crippen LogP contribution in [0.2, 0.25) is 0 Å². The molecule has 0 atom stereocenters. The lowest BCUT2D eigenvalue weighted by Crippen LogP contribution is -2.34. The van der Waals surface area contributed by atoms with Crippen molar-refractivity contribution in [2.75, 3.05) is 6.54 Å². The maximum atomic E-state index is 12.1. The molecule has 0 bridgehead atoms. The van der Waals surface area contributed by atoms with Crippen molar-refractivity contribution in [1.82, 2.24) is 5.32 Å². The summed E-state index contributed by atoms with van der Waals surface area (Å²) in [5.74, 6) is 2.28. The second kappa shape index (κ2) is 8.13. The fourth-order valence-corrected chi connectivity index (χ4v) is 3.11. The summed E-state index contributed by atoms with van der Waals surface area (Å²) in [5, 5.41) is 3.05. The summed E-state index contributed by atoms with van der Waals surface area (Å²) in [5.41, 5.74) is 0. The van der Waals surface area contributed by atoms with Gasteiger partial charge in [-0.3, -0.25) is 4.79 Å². The van der Waals surface area contributed by atoms with Gasteiger partial charge in [-0.2, -0.15) is 0 Å². The quantitative estimate of drug-likeness (QED) is 0.820. The summed E-state index contributed by atoms with van der Waals surface area (Å²) in [7, 11) is 0. The zero-order chi connectivity index (χ0) is 14.2. The highest BCUT2D eigenvalue weighted by Gasteiger charge is 2.25. The molecular formula is C17H27NO2. The van der Waals surface area contributed by atoms with E-state index in [9.17, 15) is 4.79 Å². The molecule has 1 N–H and O–H groups in total. The van der Waals surface area contributed by atoms with E-state index in [1.165, 1.54) is 32.1 Å². The molecule has 0 spiro atoms. The van der Waals surface area contributed by atoms with Crippen LogP contribution in [0.4, 0.5) is 0 Å². The Balaban J connectivity index is 1.61. The van der Waals surface area contributed by atoms with Gasteiger partial charge in [-0.05, 0) is 43.7 Å². The maximum Gasteiger partial charge on any atom is 0.223 e. The number of furan rings is 1. The molecule has 1 aliphatic rings. The fraction of sp³-hybridized carbons (Fsp3) is 0.706. The Bertz CT molecular complexity index is 378. The van der Waals surface area contributed by atoms with Crippen LogP contribution in [0.1, 0.15) is 57.6 Å². The number of carbonyl (C=O) groups excluding carboxylic acids is 1. The molecule has 0 aromatic carbocycles. The number of amides is 1. The summed E-state index contributed by atoms with van der Waals surface area (Å²) in [6, 6.07) is 3.83. The Labute approximate surface area is 122 Å². The smallest absolute Gasteiger partial charge is 0.223 e. The first-order valence-electron chi connectivity index (χ1n) is 8.09. The van der Waals surface area contributed by atoms with E-state index in [1.807, 2.05) is 12.1 Å². The van der Waals surface area contributed by atoms with Crippen LogP contribution in [0.5, 0.6) is 0 Å². The van der Waals surface area contributed by atoms with Gasteiger partial charge in [-0.15, -0.1) is 0 Å². The van der Waals surface area contributed by atoms with Crippen molar-refractivity contribution in [2.24, 2.45) is 11.8 Å². The van der Waals surface area contributed by atoms with Crippen molar-refractivity contribution in [3.63, 3.8) is 0 Å². The minimum Gasteiger partial charge on any atom is -0.469 e. The van der Waals surface area contributed by atoms with Crippen molar-refractivity contribution in [3.8, 4) is 0 Å². The Kier molecular flexibility index (Phi) is 6.16. The average molecular weight is 277 g/mol. The summed E-state index contributed by atoms with van der Waals surface area (Å²) in [4.78, 5) is 12.1.